The molecule has 0 aliphatic carbocycles. The second kappa shape index (κ2) is 2.60. The van der Waals surface area contributed by atoms with Crippen LogP contribution in [0, 0.1) is 0 Å². The van der Waals surface area contributed by atoms with Gasteiger partial charge in [-0.1, -0.05) is 0 Å². The lowest BCUT2D eigenvalue weighted by atomic mass is 10.1. The number of nitrogens with zero attached hydrogens (tertiary/aromatic N) is 2. The van der Waals surface area contributed by atoms with Crippen molar-refractivity contribution >= 4 is 0 Å². The van der Waals surface area contributed by atoms with E-state index in [1.54, 1.807) is 0 Å². The molecule has 0 saturated heterocycles. The molecule has 0 amide bonds. The fourth-order valence-electron chi connectivity index (χ4n) is 1.21. The molecule has 3 nitrogen and oxygen atoms in total. The second-order valence-electron chi connectivity index (χ2n) is 2.70. The minimum Gasteiger partial charge on any atom is -0.294 e. The molecule has 0 unspecified atom stereocenters. The molecule has 58 valence electrons. The quantitative estimate of drug-likeness (QED) is 0.550. The molecule has 0 radical (unpaired) electrons. The van der Waals surface area contributed by atoms with Gasteiger partial charge in [0.1, 0.15) is 0 Å². The van der Waals surface area contributed by atoms with Gasteiger partial charge in [-0.05, 0) is 11.6 Å². The molecular weight excluding hydrogens is 140 g/mol. The van der Waals surface area contributed by atoms with Crippen LogP contribution in [0.2, 0.25) is 0 Å². The molecule has 0 spiro atoms. The highest BCUT2D eigenvalue weighted by Gasteiger charge is 2.12. The van der Waals surface area contributed by atoms with E-state index in [1.807, 2.05) is 30.6 Å². The molecule has 1 aliphatic rings. The van der Waals surface area contributed by atoms with Crippen LogP contribution in [0.15, 0.2) is 18.5 Å². The van der Waals surface area contributed by atoms with Crippen molar-refractivity contribution in [3.63, 3.8) is 0 Å². The summed E-state index contributed by atoms with van der Waals surface area (Å²) >= 11 is 0. The molecule has 11 heavy (non-hydrogen) atoms. The van der Waals surface area contributed by atoms with Gasteiger partial charge in [-0.2, -0.15) is 5.06 Å². The van der Waals surface area contributed by atoms with Gasteiger partial charge in [-0.3, -0.25) is 9.82 Å². The topological polar surface area (TPSA) is 25.4 Å². The monoisotopic (exact) mass is 150 g/mol. The first-order valence-corrected chi connectivity index (χ1v) is 3.62. The van der Waals surface area contributed by atoms with Gasteiger partial charge in [0.15, 0.2) is 0 Å². The average molecular weight is 150 g/mol. The highest BCUT2D eigenvalue weighted by molar-refractivity contribution is 5.23. The molecule has 0 bridgehead atoms. The summed E-state index contributed by atoms with van der Waals surface area (Å²) < 4.78 is 0. The third-order valence-electron chi connectivity index (χ3n) is 1.84. The molecule has 0 N–H and O–H groups in total. The Labute approximate surface area is 65.6 Å². The Morgan fingerprint density at radius 3 is 3.36 bits per heavy atom. The van der Waals surface area contributed by atoms with Gasteiger partial charge in [0.05, 0.1) is 6.61 Å². The molecule has 1 aliphatic heterocycles. The minimum atomic E-state index is 0.652. The van der Waals surface area contributed by atoms with Crippen molar-refractivity contribution in [3.8, 4) is 0 Å². The first kappa shape index (κ1) is 6.76. The van der Waals surface area contributed by atoms with E-state index in [4.69, 9.17) is 4.84 Å². The van der Waals surface area contributed by atoms with Crippen molar-refractivity contribution in [3.05, 3.63) is 29.6 Å². The summed E-state index contributed by atoms with van der Waals surface area (Å²) in [6.07, 6.45) is 3.68. The third kappa shape index (κ3) is 1.25. The van der Waals surface area contributed by atoms with E-state index < -0.39 is 0 Å². The van der Waals surface area contributed by atoms with Gasteiger partial charge in [-0.15, -0.1) is 0 Å². The van der Waals surface area contributed by atoms with E-state index >= 15 is 0 Å². The molecule has 0 atom stereocenters. The Balaban J connectivity index is 2.34. The number of aromatic nitrogens is 1. The standard InChI is InChI=1S/C8H10N2O/c1-10-5-7-2-3-9-4-8(7)6-11-10/h2-4H,5-6H2,1H3. The van der Waals surface area contributed by atoms with E-state index in [0.717, 1.165) is 6.54 Å². The van der Waals surface area contributed by atoms with Crippen LogP contribution in [0.1, 0.15) is 11.1 Å². The largest absolute Gasteiger partial charge is 0.294 e. The number of hydrogen-bond donors (Lipinski definition) is 0. The minimum absolute atomic E-state index is 0.652. The summed E-state index contributed by atoms with van der Waals surface area (Å²) in [6.45, 7) is 1.51. The van der Waals surface area contributed by atoms with Crippen molar-refractivity contribution < 1.29 is 4.84 Å². The number of hydrogen-bond acceptors (Lipinski definition) is 3. The summed E-state index contributed by atoms with van der Waals surface area (Å²) in [5.41, 5.74) is 2.51. The average Bonchev–Trinajstić information content (AvgIpc) is 2.04. The lowest BCUT2D eigenvalue weighted by Crippen LogP contribution is -2.24. The number of fused-ring (bicyclic) bond motifs is 1. The number of pyridine rings is 1. The first-order chi connectivity index (χ1) is 5.36. The summed E-state index contributed by atoms with van der Waals surface area (Å²) in [5, 5.41) is 1.84. The van der Waals surface area contributed by atoms with Crippen LogP contribution in [0.25, 0.3) is 0 Å². The molecule has 0 aromatic carbocycles. The normalized spacial score (nSPS) is 17.9. The number of rotatable bonds is 0. The van der Waals surface area contributed by atoms with E-state index in [9.17, 15) is 0 Å². The van der Waals surface area contributed by atoms with Crippen molar-refractivity contribution in [1.82, 2.24) is 10.0 Å². The maximum atomic E-state index is 5.30. The lowest BCUT2D eigenvalue weighted by Gasteiger charge is -2.23. The maximum absolute atomic E-state index is 5.30. The molecule has 0 saturated carbocycles. The Bertz CT molecular complexity index is 262. The molecule has 1 aromatic rings. The summed E-state index contributed by atoms with van der Waals surface area (Å²) in [7, 11) is 1.93. The predicted octanol–water partition coefficient (Wildman–Crippen LogP) is 0.959. The molecule has 1 aromatic heterocycles. The van der Waals surface area contributed by atoms with Crippen LogP contribution in [0.4, 0.5) is 0 Å². The van der Waals surface area contributed by atoms with Crippen molar-refractivity contribution in [1.29, 1.82) is 0 Å². The van der Waals surface area contributed by atoms with E-state index in [-0.39, 0.29) is 0 Å². The van der Waals surface area contributed by atoms with E-state index in [1.165, 1.54) is 11.1 Å². The fraction of sp³-hybridized carbons (Fsp3) is 0.375. The van der Waals surface area contributed by atoms with Gasteiger partial charge < -0.3 is 0 Å². The molecule has 3 heteroatoms. The van der Waals surface area contributed by atoms with Gasteiger partial charge >= 0.3 is 0 Å². The highest BCUT2D eigenvalue weighted by Crippen LogP contribution is 2.16. The Hall–Kier alpha value is -0.930. The zero-order valence-electron chi connectivity index (χ0n) is 6.45. The molecular formula is C8H10N2O. The Kier molecular flexibility index (Phi) is 1.60. The second-order valence-corrected chi connectivity index (χ2v) is 2.70. The SMILES string of the molecule is CN1Cc2ccncc2CO1. The third-order valence-corrected chi connectivity index (χ3v) is 1.84. The van der Waals surface area contributed by atoms with Crippen LogP contribution < -0.4 is 0 Å². The fourth-order valence-corrected chi connectivity index (χ4v) is 1.21. The molecule has 2 rings (SSSR count). The zero-order valence-corrected chi connectivity index (χ0v) is 6.45. The van der Waals surface area contributed by atoms with Crippen molar-refractivity contribution in [2.45, 2.75) is 13.2 Å². The van der Waals surface area contributed by atoms with Gasteiger partial charge in [-0.25, -0.2) is 0 Å². The first-order valence-electron chi connectivity index (χ1n) is 3.62. The van der Waals surface area contributed by atoms with Crippen LogP contribution in [0.3, 0.4) is 0 Å². The van der Waals surface area contributed by atoms with E-state index in [2.05, 4.69) is 4.98 Å². The van der Waals surface area contributed by atoms with Crippen molar-refractivity contribution in [2.24, 2.45) is 0 Å². The van der Waals surface area contributed by atoms with Crippen LogP contribution in [0.5, 0.6) is 0 Å². The highest BCUT2D eigenvalue weighted by atomic mass is 16.7. The van der Waals surface area contributed by atoms with Gasteiger partial charge in [0, 0.05) is 31.5 Å². The van der Waals surface area contributed by atoms with E-state index in [0.29, 0.717) is 6.61 Å². The Morgan fingerprint density at radius 1 is 1.55 bits per heavy atom. The Morgan fingerprint density at radius 2 is 2.45 bits per heavy atom. The lowest BCUT2D eigenvalue weighted by molar-refractivity contribution is -0.168. The van der Waals surface area contributed by atoms with Crippen LogP contribution >= 0.6 is 0 Å². The van der Waals surface area contributed by atoms with Gasteiger partial charge in [0.25, 0.3) is 0 Å². The molecule has 2 heterocycles. The molecule has 0 fully saturated rings. The number of hydroxylamine groups is 2. The predicted molar refractivity (Wildman–Crippen MR) is 40.5 cm³/mol. The summed E-state index contributed by atoms with van der Waals surface area (Å²) in [6, 6.07) is 2.04. The van der Waals surface area contributed by atoms with Gasteiger partial charge in [0.2, 0.25) is 0 Å². The van der Waals surface area contributed by atoms with Crippen molar-refractivity contribution in [2.75, 3.05) is 7.05 Å². The van der Waals surface area contributed by atoms with Crippen LogP contribution in [-0.4, -0.2) is 17.1 Å². The smallest absolute Gasteiger partial charge is 0.0953 e. The van der Waals surface area contributed by atoms with Crippen LogP contribution in [-0.2, 0) is 18.0 Å². The summed E-state index contributed by atoms with van der Waals surface area (Å²) in [4.78, 5) is 9.32. The summed E-state index contributed by atoms with van der Waals surface area (Å²) in [5.74, 6) is 0. The zero-order chi connectivity index (χ0) is 7.68. The maximum Gasteiger partial charge on any atom is 0.0953 e.